The van der Waals surface area contributed by atoms with Crippen LogP contribution in [0.15, 0.2) is 0 Å². The maximum absolute atomic E-state index is 12.0. The molecule has 1 heterocycles. The summed E-state index contributed by atoms with van der Waals surface area (Å²) >= 11 is 3.43. The number of nitrogens with one attached hydrogen (secondary N) is 1. The number of unbranched alkanes of at least 4 members (excludes halogenated alkanes) is 1. The van der Waals surface area contributed by atoms with Gasteiger partial charge in [-0.25, -0.2) is 4.79 Å². The fourth-order valence-corrected chi connectivity index (χ4v) is 2.68. The second kappa shape index (κ2) is 9.21. The Morgan fingerprint density at radius 2 is 2.00 bits per heavy atom. The Kier molecular flexibility index (Phi) is 7.95. The van der Waals surface area contributed by atoms with E-state index in [1.807, 2.05) is 0 Å². The molecule has 1 unspecified atom stereocenters. The summed E-state index contributed by atoms with van der Waals surface area (Å²) in [7, 11) is 0. The molecule has 0 aromatic rings. The third-order valence-corrected chi connectivity index (χ3v) is 4.34. The minimum Gasteiger partial charge on any atom is -0.450 e. The SMILES string of the molecule is CCCCC(Br)C(=O)NC1CCN(C(=O)OCC)CC1. The molecule has 0 bridgehead atoms. The molecule has 0 saturated carbocycles. The van der Waals surface area contributed by atoms with Gasteiger partial charge in [0.1, 0.15) is 0 Å². The maximum Gasteiger partial charge on any atom is 0.409 e. The van der Waals surface area contributed by atoms with Gasteiger partial charge in [-0.15, -0.1) is 0 Å². The fraction of sp³-hybridized carbons (Fsp3) is 0.857. The Bertz CT molecular complexity index is 318. The highest BCUT2D eigenvalue weighted by molar-refractivity contribution is 9.10. The average molecular weight is 349 g/mol. The highest BCUT2D eigenvalue weighted by Gasteiger charge is 2.25. The molecule has 0 aliphatic carbocycles. The smallest absolute Gasteiger partial charge is 0.409 e. The van der Waals surface area contributed by atoms with Crippen molar-refractivity contribution in [2.75, 3.05) is 19.7 Å². The van der Waals surface area contributed by atoms with Crippen LogP contribution in [0.1, 0.15) is 46.0 Å². The minimum atomic E-state index is -0.251. The summed E-state index contributed by atoms with van der Waals surface area (Å²) in [5.74, 6) is 0.0630. The molecule has 116 valence electrons. The predicted octanol–water partition coefficient (Wildman–Crippen LogP) is 2.68. The van der Waals surface area contributed by atoms with E-state index in [4.69, 9.17) is 4.74 Å². The van der Waals surface area contributed by atoms with Crippen molar-refractivity contribution in [3.05, 3.63) is 0 Å². The van der Waals surface area contributed by atoms with E-state index >= 15 is 0 Å². The second-order valence-corrected chi connectivity index (χ2v) is 6.18. The molecule has 0 aromatic heterocycles. The number of carbonyl (C=O) groups is 2. The van der Waals surface area contributed by atoms with Gasteiger partial charge >= 0.3 is 6.09 Å². The molecule has 1 fully saturated rings. The van der Waals surface area contributed by atoms with E-state index in [1.54, 1.807) is 11.8 Å². The molecule has 1 saturated heterocycles. The number of nitrogens with zero attached hydrogens (tertiary/aromatic N) is 1. The number of likely N-dealkylation sites (tertiary alicyclic amines) is 1. The van der Waals surface area contributed by atoms with Crippen LogP contribution < -0.4 is 5.32 Å². The Hall–Kier alpha value is -0.780. The number of hydrogen-bond donors (Lipinski definition) is 1. The van der Waals surface area contributed by atoms with Crippen LogP contribution in [0.2, 0.25) is 0 Å². The average Bonchev–Trinajstić information content (AvgIpc) is 2.45. The topological polar surface area (TPSA) is 58.6 Å². The zero-order valence-electron chi connectivity index (χ0n) is 12.4. The van der Waals surface area contributed by atoms with Crippen LogP contribution in [-0.2, 0) is 9.53 Å². The fourth-order valence-electron chi connectivity index (χ4n) is 2.23. The van der Waals surface area contributed by atoms with Crippen molar-refractivity contribution in [3.63, 3.8) is 0 Å². The largest absolute Gasteiger partial charge is 0.450 e. The first-order valence-corrected chi connectivity index (χ1v) is 8.36. The monoisotopic (exact) mass is 348 g/mol. The van der Waals surface area contributed by atoms with Crippen molar-refractivity contribution in [3.8, 4) is 0 Å². The molecule has 1 N–H and O–H groups in total. The van der Waals surface area contributed by atoms with Gasteiger partial charge in [-0.2, -0.15) is 0 Å². The van der Waals surface area contributed by atoms with Crippen molar-refractivity contribution in [2.45, 2.75) is 56.8 Å². The molecule has 20 heavy (non-hydrogen) atoms. The summed E-state index contributed by atoms with van der Waals surface area (Å²) < 4.78 is 4.97. The number of amides is 2. The lowest BCUT2D eigenvalue weighted by atomic mass is 10.0. The van der Waals surface area contributed by atoms with Crippen LogP contribution in [0.25, 0.3) is 0 Å². The molecule has 6 heteroatoms. The van der Waals surface area contributed by atoms with Crippen LogP contribution in [0.4, 0.5) is 4.79 Å². The molecular weight excluding hydrogens is 324 g/mol. The number of carbonyl (C=O) groups excluding carboxylic acids is 2. The maximum atomic E-state index is 12.0. The molecule has 0 aromatic carbocycles. The van der Waals surface area contributed by atoms with E-state index in [0.717, 1.165) is 32.1 Å². The van der Waals surface area contributed by atoms with Crippen LogP contribution in [0, 0.1) is 0 Å². The minimum absolute atomic E-state index is 0.0630. The summed E-state index contributed by atoms with van der Waals surface area (Å²) in [5, 5.41) is 3.05. The zero-order chi connectivity index (χ0) is 15.0. The van der Waals surface area contributed by atoms with Crippen LogP contribution >= 0.6 is 15.9 Å². The van der Waals surface area contributed by atoms with E-state index in [9.17, 15) is 9.59 Å². The van der Waals surface area contributed by atoms with Crippen LogP contribution in [0.3, 0.4) is 0 Å². The lowest BCUT2D eigenvalue weighted by molar-refractivity contribution is -0.121. The zero-order valence-corrected chi connectivity index (χ0v) is 13.9. The molecule has 1 atom stereocenters. The summed E-state index contributed by atoms with van der Waals surface area (Å²) in [4.78, 5) is 25.1. The van der Waals surface area contributed by atoms with Crippen LogP contribution in [-0.4, -0.2) is 47.5 Å². The quantitative estimate of drug-likeness (QED) is 0.750. The summed E-state index contributed by atoms with van der Waals surface area (Å²) in [6, 6.07) is 0.162. The normalized spacial score (nSPS) is 17.6. The van der Waals surface area contributed by atoms with Gasteiger partial charge in [-0.05, 0) is 26.2 Å². The van der Waals surface area contributed by atoms with E-state index in [-0.39, 0.29) is 22.9 Å². The van der Waals surface area contributed by atoms with Crippen molar-refractivity contribution in [1.29, 1.82) is 0 Å². The second-order valence-electron chi connectivity index (χ2n) is 5.08. The lowest BCUT2D eigenvalue weighted by Crippen LogP contribution is -2.48. The van der Waals surface area contributed by atoms with E-state index in [2.05, 4.69) is 28.2 Å². The molecule has 2 amide bonds. The number of hydrogen-bond acceptors (Lipinski definition) is 3. The number of rotatable bonds is 6. The van der Waals surface area contributed by atoms with Gasteiger partial charge in [0.2, 0.25) is 5.91 Å². The first kappa shape index (κ1) is 17.3. The van der Waals surface area contributed by atoms with Crippen molar-refractivity contribution in [2.24, 2.45) is 0 Å². The van der Waals surface area contributed by atoms with Gasteiger partial charge < -0.3 is 15.0 Å². The van der Waals surface area contributed by atoms with E-state index in [0.29, 0.717) is 19.7 Å². The molecule has 1 aliphatic rings. The Labute approximate surface area is 129 Å². The highest BCUT2D eigenvalue weighted by Crippen LogP contribution is 2.14. The van der Waals surface area contributed by atoms with Gasteiger partial charge in [0.25, 0.3) is 0 Å². The van der Waals surface area contributed by atoms with Gasteiger partial charge in [0.05, 0.1) is 11.4 Å². The van der Waals surface area contributed by atoms with E-state index < -0.39 is 0 Å². The predicted molar refractivity (Wildman–Crippen MR) is 82.0 cm³/mol. The third-order valence-electron chi connectivity index (χ3n) is 3.46. The molecule has 0 spiro atoms. The summed E-state index contributed by atoms with van der Waals surface area (Å²) in [6.07, 6.45) is 4.33. The Morgan fingerprint density at radius 1 is 1.35 bits per heavy atom. The summed E-state index contributed by atoms with van der Waals surface area (Å²) in [6.45, 7) is 5.61. The number of halogens is 1. The standard InChI is InChI=1S/C14H25BrN2O3/c1-3-5-6-12(15)13(18)16-11-7-9-17(10-8-11)14(19)20-4-2/h11-12H,3-10H2,1-2H3,(H,16,18). The molecular formula is C14H25BrN2O3. The van der Waals surface area contributed by atoms with E-state index in [1.165, 1.54) is 0 Å². The van der Waals surface area contributed by atoms with Gasteiger partial charge in [0.15, 0.2) is 0 Å². The molecule has 1 aliphatic heterocycles. The van der Waals surface area contributed by atoms with Crippen LogP contribution in [0.5, 0.6) is 0 Å². The Morgan fingerprint density at radius 3 is 2.55 bits per heavy atom. The number of ether oxygens (including phenoxy) is 1. The Balaban J connectivity index is 2.28. The van der Waals surface area contributed by atoms with Crippen molar-refractivity contribution in [1.82, 2.24) is 10.2 Å². The molecule has 5 nitrogen and oxygen atoms in total. The highest BCUT2D eigenvalue weighted by atomic mass is 79.9. The number of piperidine rings is 1. The van der Waals surface area contributed by atoms with Gasteiger partial charge in [-0.1, -0.05) is 35.7 Å². The number of alkyl halides is 1. The van der Waals surface area contributed by atoms with Crippen molar-refractivity contribution < 1.29 is 14.3 Å². The van der Waals surface area contributed by atoms with Gasteiger partial charge in [0, 0.05) is 19.1 Å². The van der Waals surface area contributed by atoms with Crippen molar-refractivity contribution >= 4 is 27.9 Å². The lowest BCUT2D eigenvalue weighted by Gasteiger charge is -2.32. The molecule has 1 rings (SSSR count). The third kappa shape index (κ3) is 5.69. The van der Waals surface area contributed by atoms with Gasteiger partial charge in [-0.3, -0.25) is 4.79 Å². The first-order valence-electron chi connectivity index (χ1n) is 7.44. The first-order chi connectivity index (χ1) is 9.58. The summed E-state index contributed by atoms with van der Waals surface area (Å²) in [5.41, 5.74) is 0. The molecule has 0 radical (unpaired) electrons.